The third-order valence-electron chi connectivity index (χ3n) is 3.48. The SMILES string of the molecule is CCCNCCCC(C)N1CCOC(C)(C)C1. The highest BCUT2D eigenvalue weighted by Gasteiger charge is 2.29. The van der Waals surface area contributed by atoms with Crippen molar-refractivity contribution in [3.05, 3.63) is 0 Å². The molecular formula is C14H30N2O. The van der Waals surface area contributed by atoms with Gasteiger partial charge < -0.3 is 10.1 Å². The molecule has 0 saturated carbocycles. The fraction of sp³-hybridized carbons (Fsp3) is 1.00. The Labute approximate surface area is 107 Å². The van der Waals surface area contributed by atoms with Crippen LogP contribution in [-0.4, -0.2) is 49.3 Å². The maximum Gasteiger partial charge on any atom is 0.0753 e. The van der Waals surface area contributed by atoms with E-state index in [1.165, 1.54) is 19.3 Å². The van der Waals surface area contributed by atoms with Gasteiger partial charge in [0.1, 0.15) is 0 Å². The predicted octanol–water partition coefficient (Wildman–Crippen LogP) is 2.27. The van der Waals surface area contributed by atoms with Gasteiger partial charge in [0.2, 0.25) is 0 Å². The minimum Gasteiger partial charge on any atom is -0.373 e. The van der Waals surface area contributed by atoms with Crippen LogP contribution in [0.5, 0.6) is 0 Å². The molecule has 0 spiro atoms. The highest BCUT2D eigenvalue weighted by atomic mass is 16.5. The van der Waals surface area contributed by atoms with Crippen LogP contribution in [0, 0.1) is 0 Å². The smallest absolute Gasteiger partial charge is 0.0753 e. The second-order valence-corrected chi connectivity index (χ2v) is 5.82. The zero-order chi connectivity index (χ0) is 12.7. The average molecular weight is 242 g/mol. The first-order valence-electron chi connectivity index (χ1n) is 7.14. The quantitative estimate of drug-likeness (QED) is 0.693. The summed E-state index contributed by atoms with van der Waals surface area (Å²) in [4.78, 5) is 2.57. The molecule has 0 amide bonds. The van der Waals surface area contributed by atoms with E-state index in [2.05, 4.69) is 37.9 Å². The minimum absolute atomic E-state index is 0.0347. The Morgan fingerprint density at radius 2 is 2.12 bits per heavy atom. The van der Waals surface area contributed by atoms with Gasteiger partial charge in [-0.1, -0.05) is 6.92 Å². The van der Waals surface area contributed by atoms with Gasteiger partial charge in [0.15, 0.2) is 0 Å². The molecule has 1 N–H and O–H groups in total. The van der Waals surface area contributed by atoms with Gasteiger partial charge in [0.05, 0.1) is 12.2 Å². The van der Waals surface area contributed by atoms with Crippen LogP contribution in [0.3, 0.4) is 0 Å². The molecular weight excluding hydrogens is 212 g/mol. The molecule has 0 aromatic rings. The lowest BCUT2D eigenvalue weighted by Crippen LogP contribution is -2.51. The van der Waals surface area contributed by atoms with Crippen LogP contribution in [0.2, 0.25) is 0 Å². The van der Waals surface area contributed by atoms with Gasteiger partial charge in [-0.2, -0.15) is 0 Å². The van der Waals surface area contributed by atoms with Crippen LogP contribution in [0.1, 0.15) is 47.0 Å². The van der Waals surface area contributed by atoms with E-state index in [1.807, 2.05) is 0 Å². The van der Waals surface area contributed by atoms with Crippen molar-refractivity contribution < 1.29 is 4.74 Å². The van der Waals surface area contributed by atoms with Crippen LogP contribution in [0.15, 0.2) is 0 Å². The van der Waals surface area contributed by atoms with E-state index in [9.17, 15) is 0 Å². The minimum atomic E-state index is 0.0347. The monoisotopic (exact) mass is 242 g/mol. The van der Waals surface area contributed by atoms with Crippen molar-refractivity contribution in [2.75, 3.05) is 32.8 Å². The first-order chi connectivity index (χ1) is 8.05. The highest BCUT2D eigenvalue weighted by Crippen LogP contribution is 2.19. The predicted molar refractivity (Wildman–Crippen MR) is 73.5 cm³/mol. The third kappa shape index (κ3) is 5.84. The lowest BCUT2D eigenvalue weighted by atomic mass is 10.0. The van der Waals surface area contributed by atoms with Crippen molar-refractivity contribution in [3.63, 3.8) is 0 Å². The van der Waals surface area contributed by atoms with Crippen LogP contribution >= 0.6 is 0 Å². The van der Waals surface area contributed by atoms with Gasteiger partial charge in [-0.05, 0) is 53.1 Å². The van der Waals surface area contributed by atoms with E-state index in [0.29, 0.717) is 6.04 Å². The molecule has 1 aliphatic rings. The zero-order valence-electron chi connectivity index (χ0n) is 12.1. The molecule has 3 nitrogen and oxygen atoms in total. The van der Waals surface area contributed by atoms with Gasteiger partial charge in [-0.15, -0.1) is 0 Å². The highest BCUT2D eigenvalue weighted by molar-refractivity contribution is 4.82. The standard InChI is InChI=1S/C14H30N2O/c1-5-8-15-9-6-7-13(2)16-10-11-17-14(3,4)12-16/h13,15H,5-12H2,1-4H3. The fourth-order valence-corrected chi connectivity index (χ4v) is 2.44. The molecule has 1 atom stereocenters. The molecule has 1 unspecified atom stereocenters. The Bertz CT molecular complexity index is 206. The fourth-order valence-electron chi connectivity index (χ4n) is 2.44. The summed E-state index contributed by atoms with van der Waals surface area (Å²) in [5, 5.41) is 3.47. The Hall–Kier alpha value is -0.120. The molecule has 3 heteroatoms. The van der Waals surface area contributed by atoms with Gasteiger partial charge >= 0.3 is 0 Å². The Morgan fingerprint density at radius 3 is 2.76 bits per heavy atom. The molecule has 0 aromatic heterocycles. The lowest BCUT2D eigenvalue weighted by molar-refractivity contribution is -0.0960. The topological polar surface area (TPSA) is 24.5 Å². The number of nitrogens with one attached hydrogen (secondary N) is 1. The van der Waals surface area contributed by atoms with Crippen molar-refractivity contribution >= 4 is 0 Å². The van der Waals surface area contributed by atoms with Gasteiger partial charge in [-0.3, -0.25) is 4.90 Å². The molecule has 1 heterocycles. The van der Waals surface area contributed by atoms with Crippen LogP contribution < -0.4 is 5.32 Å². The normalized spacial score (nSPS) is 22.6. The number of ether oxygens (including phenoxy) is 1. The summed E-state index contributed by atoms with van der Waals surface area (Å²) in [6.07, 6.45) is 3.79. The van der Waals surface area contributed by atoms with E-state index in [0.717, 1.165) is 32.8 Å². The number of rotatable bonds is 7. The van der Waals surface area contributed by atoms with Crippen LogP contribution in [-0.2, 0) is 4.74 Å². The summed E-state index contributed by atoms with van der Waals surface area (Å²) in [6.45, 7) is 14.3. The van der Waals surface area contributed by atoms with E-state index < -0.39 is 0 Å². The van der Waals surface area contributed by atoms with Gasteiger partial charge in [-0.25, -0.2) is 0 Å². The summed E-state index contributed by atoms with van der Waals surface area (Å²) < 4.78 is 5.75. The van der Waals surface area contributed by atoms with E-state index in [1.54, 1.807) is 0 Å². The third-order valence-corrected chi connectivity index (χ3v) is 3.48. The molecule has 0 bridgehead atoms. The first kappa shape index (κ1) is 14.9. The van der Waals surface area contributed by atoms with E-state index in [-0.39, 0.29) is 5.60 Å². The van der Waals surface area contributed by atoms with Crippen molar-refractivity contribution in [1.29, 1.82) is 0 Å². The van der Waals surface area contributed by atoms with Crippen molar-refractivity contribution in [3.8, 4) is 0 Å². The second-order valence-electron chi connectivity index (χ2n) is 5.82. The Morgan fingerprint density at radius 1 is 1.35 bits per heavy atom. The Balaban J connectivity index is 2.16. The number of morpholine rings is 1. The maximum absolute atomic E-state index is 5.75. The maximum atomic E-state index is 5.75. The van der Waals surface area contributed by atoms with Crippen molar-refractivity contribution in [2.24, 2.45) is 0 Å². The Kier molecular flexibility index (Phi) is 6.45. The lowest BCUT2D eigenvalue weighted by Gasteiger charge is -2.41. The molecule has 1 saturated heterocycles. The zero-order valence-corrected chi connectivity index (χ0v) is 12.1. The van der Waals surface area contributed by atoms with E-state index in [4.69, 9.17) is 4.74 Å². The summed E-state index contributed by atoms with van der Waals surface area (Å²) in [7, 11) is 0. The molecule has 1 fully saturated rings. The van der Waals surface area contributed by atoms with E-state index >= 15 is 0 Å². The second kappa shape index (κ2) is 7.34. The van der Waals surface area contributed by atoms with Crippen LogP contribution in [0.4, 0.5) is 0 Å². The van der Waals surface area contributed by atoms with Crippen molar-refractivity contribution in [2.45, 2.75) is 58.6 Å². The molecule has 1 rings (SSSR count). The largest absolute Gasteiger partial charge is 0.373 e. The summed E-state index contributed by atoms with van der Waals surface area (Å²) in [6, 6.07) is 0.682. The van der Waals surface area contributed by atoms with Crippen LogP contribution in [0.25, 0.3) is 0 Å². The molecule has 0 aromatic carbocycles. The molecule has 0 radical (unpaired) electrons. The molecule has 0 aliphatic carbocycles. The molecule has 1 aliphatic heterocycles. The molecule has 17 heavy (non-hydrogen) atoms. The number of nitrogens with zero attached hydrogens (tertiary/aromatic N) is 1. The molecule has 102 valence electrons. The summed E-state index contributed by atoms with van der Waals surface area (Å²) in [5.41, 5.74) is 0.0347. The number of hydrogen-bond donors (Lipinski definition) is 1. The average Bonchev–Trinajstić information content (AvgIpc) is 2.27. The van der Waals surface area contributed by atoms with Gasteiger partial charge in [0, 0.05) is 19.1 Å². The summed E-state index contributed by atoms with van der Waals surface area (Å²) >= 11 is 0. The van der Waals surface area contributed by atoms with Crippen molar-refractivity contribution in [1.82, 2.24) is 10.2 Å². The van der Waals surface area contributed by atoms with Gasteiger partial charge in [0.25, 0.3) is 0 Å². The summed E-state index contributed by atoms with van der Waals surface area (Å²) in [5.74, 6) is 0. The number of hydrogen-bond acceptors (Lipinski definition) is 3. The first-order valence-corrected chi connectivity index (χ1v) is 7.14.